The molecular formula is C14H16N4O2. The quantitative estimate of drug-likeness (QED) is 0.919. The summed E-state index contributed by atoms with van der Waals surface area (Å²) in [4.78, 5) is 13.7. The molecule has 1 amide bonds. The summed E-state index contributed by atoms with van der Waals surface area (Å²) in [6, 6.07) is 7.58. The number of nitrogens with two attached hydrogens (primary N) is 1. The minimum absolute atomic E-state index is 0.187. The van der Waals surface area contributed by atoms with Crippen LogP contribution in [0.4, 0.5) is 5.69 Å². The molecule has 1 aromatic heterocycles. The number of carbonyl (C=O) groups is 1. The lowest BCUT2D eigenvalue weighted by Gasteiger charge is -2.26. The number of hydrogen-bond acceptors (Lipinski definition) is 5. The summed E-state index contributed by atoms with van der Waals surface area (Å²) in [5, 5.41) is 7.77. The molecule has 0 atom stereocenters. The lowest BCUT2D eigenvalue weighted by molar-refractivity contribution is -0.119. The van der Waals surface area contributed by atoms with Crippen LogP contribution in [0, 0.1) is 0 Å². The minimum Gasteiger partial charge on any atom is -0.419 e. The fourth-order valence-electron chi connectivity index (χ4n) is 2.32. The van der Waals surface area contributed by atoms with Gasteiger partial charge in [0.1, 0.15) is 0 Å². The maximum absolute atomic E-state index is 11.9. The molecule has 2 heterocycles. The number of benzene rings is 1. The monoisotopic (exact) mass is 272 g/mol. The van der Waals surface area contributed by atoms with Gasteiger partial charge in [-0.2, -0.15) is 0 Å². The van der Waals surface area contributed by atoms with Crippen LogP contribution >= 0.6 is 0 Å². The zero-order valence-electron chi connectivity index (χ0n) is 11.1. The summed E-state index contributed by atoms with van der Waals surface area (Å²) in [6.07, 6.45) is 2.67. The molecule has 0 spiro atoms. The van der Waals surface area contributed by atoms with Crippen LogP contribution in [-0.2, 0) is 11.3 Å². The predicted molar refractivity (Wildman–Crippen MR) is 73.8 cm³/mol. The first kappa shape index (κ1) is 12.8. The van der Waals surface area contributed by atoms with Crippen molar-refractivity contribution >= 4 is 11.6 Å². The van der Waals surface area contributed by atoms with Crippen molar-refractivity contribution in [1.82, 2.24) is 10.2 Å². The van der Waals surface area contributed by atoms with Crippen LogP contribution in [0.1, 0.15) is 25.2 Å². The van der Waals surface area contributed by atoms with Crippen LogP contribution in [0.2, 0.25) is 0 Å². The normalized spacial score (nSPS) is 15.7. The Hall–Kier alpha value is -2.21. The summed E-state index contributed by atoms with van der Waals surface area (Å²) < 4.78 is 5.40. The van der Waals surface area contributed by atoms with Gasteiger partial charge >= 0.3 is 0 Å². The number of piperidine rings is 1. The summed E-state index contributed by atoms with van der Waals surface area (Å²) >= 11 is 0. The van der Waals surface area contributed by atoms with Crippen LogP contribution in [-0.4, -0.2) is 22.6 Å². The molecule has 3 rings (SSSR count). The lowest BCUT2D eigenvalue weighted by atomic mass is 10.1. The van der Waals surface area contributed by atoms with E-state index in [0.29, 0.717) is 18.2 Å². The molecule has 0 bridgehead atoms. The number of anilines is 1. The Labute approximate surface area is 116 Å². The van der Waals surface area contributed by atoms with Crippen molar-refractivity contribution in [2.24, 2.45) is 5.73 Å². The maximum atomic E-state index is 11.9. The summed E-state index contributed by atoms with van der Waals surface area (Å²) in [6.45, 7) is 1.02. The van der Waals surface area contributed by atoms with Crippen molar-refractivity contribution in [2.45, 2.75) is 25.8 Å². The van der Waals surface area contributed by atoms with E-state index in [1.165, 1.54) is 0 Å². The van der Waals surface area contributed by atoms with Gasteiger partial charge in [-0.25, -0.2) is 0 Å². The van der Waals surface area contributed by atoms with Crippen molar-refractivity contribution in [3.05, 3.63) is 30.2 Å². The smallest absolute Gasteiger partial charge is 0.247 e. The molecule has 0 aliphatic carbocycles. The summed E-state index contributed by atoms with van der Waals surface area (Å²) in [7, 11) is 0. The van der Waals surface area contributed by atoms with Crippen LogP contribution in [0.3, 0.4) is 0 Å². The minimum atomic E-state index is 0.187. The first-order valence-corrected chi connectivity index (χ1v) is 6.71. The van der Waals surface area contributed by atoms with Crippen LogP contribution in [0.5, 0.6) is 0 Å². The Balaban J connectivity index is 1.82. The highest BCUT2D eigenvalue weighted by molar-refractivity contribution is 5.94. The highest BCUT2D eigenvalue weighted by Gasteiger charge is 2.19. The number of carbonyl (C=O) groups excluding carboxylic acids is 1. The Morgan fingerprint density at radius 3 is 2.65 bits per heavy atom. The van der Waals surface area contributed by atoms with Gasteiger partial charge in [0.25, 0.3) is 0 Å². The zero-order valence-corrected chi connectivity index (χ0v) is 11.1. The van der Waals surface area contributed by atoms with Crippen molar-refractivity contribution in [3.8, 4) is 11.5 Å². The zero-order chi connectivity index (χ0) is 13.9. The first-order valence-electron chi connectivity index (χ1n) is 6.71. The topological polar surface area (TPSA) is 85.2 Å². The van der Waals surface area contributed by atoms with E-state index in [0.717, 1.165) is 30.6 Å². The Morgan fingerprint density at radius 1 is 1.20 bits per heavy atom. The molecule has 20 heavy (non-hydrogen) atoms. The highest BCUT2D eigenvalue weighted by Crippen LogP contribution is 2.25. The molecule has 1 saturated heterocycles. The molecule has 0 radical (unpaired) electrons. The molecule has 1 fully saturated rings. The van der Waals surface area contributed by atoms with E-state index in [-0.39, 0.29) is 12.5 Å². The third kappa shape index (κ3) is 2.42. The molecule has 104 valence electrons. The third-order valence-corrected chi connectivity index (χ3v) is 3.39. The summed E-state index contributed by atoms with van der Waals surface area (Å²) in [5.41, 5.74) is 7.18. The number of aromatic nitrogens is 2. The van der Waals surface area contributed by atoms with Crippen molar-refractivity contribution in [3.63, 3.8) is 0 Å². The van der Waals surface area contributed by atoms with Gasteiger partial charge < -0.3 is 15.1 Å². The molecular weight excluding hydrogens is 256 g/mol. The molecule has 1 aliphatic rings. The van der Waals surface area contributed by atoms with E-state index in [9.17, 15) is 4.79 Å². The Bertz CT molecular complexity index is 606. The second kappa shape index (κ2) is 5.42. The van der Waals surface area contributed by atoms with E-state index in [2.05, 4.69) is 10.2 Å². The van der Waals surface area contributed by atoms with E-state index < -0.39 is 0 Å². The van der Waals surface area contributed by atoms with Gasteiger partial charge in [0.05, 0.1) is 6.54 Å². The average molecular weight is 272 g/mol. The van der Waals surface area contributed by atoms with Crippen molar-refractivity contribution < 1.29 is 9.21 Å². The molecule has 1 aliphatic heterocycles. The third-order valence-electron chi connectivity index (χ3n) is 3.39. The van der Waals surface area contributed by atoms with Crippen LogP contribution in [0.25, 0.3) is 11.5 Å². The molecule has 0 unspecified atom stereocenters. The first-order chi connectivity index (χ1) is 9.78. The molecule has 2 N–H and O–H groups in total. The molecule has 1 aromatic carbocycles. The van der Waals surface area contributed by atoms with Gasteiger partial charge in [0.2, 0.25) is 17.7 Å². The Kier molecular flexibility index (Phi) is 3.47. The van der Waals surface area contributed by atoms with Gasteiger partial charge in [0, 0.05) is 24.2 Å². The number of nitrogens with zero attached hydrogens (tertiary/aromatic N) is 3. The van der Waals surface area contributed by atoms with Gasteiger partial charge in [-0.1, -0.05) is 0 Å². The average Bonchev–Trinajstić information content (AvgIpc) is 2.97. The lowest BCUT2D eigenvalue weighted by Crippen LogP contribution is -2.35. The second-order valence-corrected chi connectivity index (χ2v) is 4.75. The summed E-state index contributed by atoms with van der Waals surface area (Å²) in [5.74, 6) is 1.05. The van der Waals surface area contributed by atoms with Gasteiger partial charge in [-0.05, 0) is 37.1 Å². The molecule has 6 heteroatoms. The SMILES string of the molecule is NCc1nnc(-c2ccc(N3CCCCC3=O)cc2)o1. The second-order valence-electron chi connectivity index (χ2n) is 4.75. The molecule has 6 nitrogen and oxygen atoms in total. The Morgan fingerprint density at radius 2 is 2.00 bits per heavy atom. The van der Waals surface area contributed by atoms with Crippen molar-refractivity contribution in [1.29, 1.82) is 0 Å². The molecule has 2 aromatic rings. The number of rotatable bonds is 3. The van der Waals surface area contributed by atoms with Crippen LogP contribution in [0.15, 0.2) is 28.7 Å². The fourth-order valence-corrected chi connectivity index (χ4v) is 2.32. The fraction of sp³-hybridized carbons (Fsp3) is 0.357. The maximum Gasteiger partial charge on any atom is 0.247 e. The molecule has 0 saturated carbocycles. The number of hydrogen-bond donors (Lipinski definition) is 1. The van der Waals surface area contributed by atoms with Gasteiger partial charge in [0.15, 0.2) is 0 Å². The number of amides is 1. The van der Waals surface area contributed by atoms with Crippen LogP contribution < -0.4 is 10.6 Å². The largest absolute Gasteiger partial charge is 0.419 e. The van der Waals surface area contributed by atoms with E-state index >= 15 is 0 Å². The standard InChI is InChI=1S/C14H16N4O2/c15-9-12-16-17-14(20-12)10-4-6-11(7-5-10)18-8-2-1-3-13(18)19/h4-7H,1-3,8-9,15H2. The van der Waals surface area contributed by atoms with E-state index in [4.69, 9.17) is 10.2 Å². The predicted octanol–water partition coefficient (Wildman–Crippen LogP) is 1.71. The van der Waals surface area contributed by atoms with Gasteiger partial charge in [-0.3, -0.25) is 4.79 Å². The highest BCUT2D eigenvalue weighted by atomic mass is 16.4. The van der Waals surface area contributed by atoms with E-state index in [1.54, 1.807) is 0 Å². The van der Waals surface area contributed by atoms with Gasteiger partial charge in [-0.15, -0.1) is 10.2 Å². The van der Waals surface area contributed by atoms with E-state index in [1.807, 2.05) is 29.2 Å². The van der Waals surface area contributed by atoms with Crippen molar-refractivity contribution in [2.75, 3.05) is 11.4 Å².